The standard InChI is InChI=1S/C18H26N4OS/c1-13-18(14(2)21(4)19-13)16-8-5-9-22(16)12-17(23)20(3)11-15-7-6-10-24-15/h6-7,10,16H,5,8-9,11-12H2,1-4H3. The molecule has 1 saturated heterocycles. The molecule has 1 aliphatic rings. The number of likely N-dealkylation sites (N-methyl/N-ethyl adjacent to an activating group) is 1. The minimum Gasteiger partial charge on any atom is -0.340 e. The van der Waals surface area contributed by atoms with Crippen LogP contribution in [-0.4, -0.2) is 45.6 Å². The van der Waals surface area contributed by atoms with Crippen LogP contribution in [-0.2, 0) is 18.4 Å². The third kappa shape index (κ3) is 3.39. The zero-order valence-electron chi connectivity index (χ0n) is 15.0. The van der Waals surface area contributed by atoms with E-state index in [2.05, 4.69) is 35.3 Å². The molecule has 1 aliphatic heterocycles. The molecule has 5 nitrogen and oxygen atoms in total. The van der Waals surface area contributed by atoms with Crippen LogP contribution < -0.4 is 0 Å². The van der Waals surface area contributed by atoms with E-state index >= 15 is 0 Å². The van der Waals surface area contributed by atoms with Crippen LogP contribution >= 0.6 is 11.3 Å². The Morgan fingerprint density at radius 3 is 2.88 bits per heavy atom. The molecular weight excluding hydrogens is 320 g/mol. The number of aryl methyl sites for hydroxylation is 2. The van der Waals surface area contributed by atoms with Crippen molar-refractivity contribution in [1.82, 2.24) is 19.6 Å². The van der Waals surface area contributed by atoms with Gasteiger partial charge in [0.05, 0.1) is 18.8 Å². The molecule has 0 saturated carbocycles. The second kappa shape index (κ2) is 7.07. The minimum absolute atomic E-state index is 0.189. The molecule has 0 aliphatic carbocycles. The zero-order chi connectivity index (χ0) is 17.3. The number of amides is 1. The molecule has 0 spiro atoms. The maximum absolute atomic E-state index is 12.6. The summed E-state index contributed by atoms with van der Waals surface area (Å²) in [7, 11) is 3.89. The average Bonchev–Trinajstić information content (AvgIpc) is 3.23. The quantitative estimate of drug-likeness (QED) is 0.836. The molecule has 2 aromatic heterocycles. The lowest BCUT2D eigenvalue weighted by Crippen LogP contribution is -2.38. The number of rotatable bonds is 5. The van der Waals surface area contributed by atoms with Gasteiger partial charge in [0.25, 0.3) is 0 Å². The lowest BCUT2D eigenvalue weighted by Gasteiger charge is -2.27. The molecule has 130 valence electrons. The molecule has 1 fully saturated rings. The highest BCUT2D eigenvalue weighted by atomic mass is 32.1. The molecule has 24 heavy (non-hydrogen) atoms. The Labute approximate surface area is 147 Å². The molecule has 6 heteroatoms. The summed E-state index contributed by atoms with van der Waals surface area (Å²) < 4.78 is 1.95. The molecule has 0 N–H and O–H groups in total. The van der Waals surface area contributed by atoms with Crippen LogP contribution in [0.2, 0.25) is 0 Å². The van der Waals surface area contributed by atoms with Crippen molar-refractivity contribution in [2.45, 2.75) is 39.3 Å². The second-order valence-corrected chi connectivity index (χ2v) is 7.70. The van der Waals surface area contributed by atoms with E-state index < -0.39 is 0 Å². The fraction of sp³-hybridized carbons (Fsp3) is 0.556. The number of aromatic nitrogens is 2. The molecule has 0 radical (unpaired) electrons. The summed E-state index contributed by atoms with van der Waals surface area (Å²) in [5, 5.41) is 6.60. The van der Waals surface area contributed by atoms with Gasteiger partial charge < -0.3 is 4.90 Å². The highest BCUT2D eigenvalue weighted by molar-refractivity contribution is 7.09. The van der Waals surface area contributed by atoms with Crippen LogP contribution in [0.3, 0.4) is 0 Å². The normalized spacial score (nSPS) is 18.2. The summed E-state index contributed by atoms with van der Waals surface area (Å²) in [6.07, 6.45) is 2.25. The third-order valence-electron chi connectivity index (χ3n) is 5.00. The van der Waals surface area contributed by atoms with Gasteiger partial charge in [0, 0.05) is 36.3 Å². The largest absolute Gasteiger partial charge is 0.340 e. The first-order valence-electron chi connectivity index (χ1n) is 8.48. The number of thiophene rings is 1. The molecular formula is C18H26N4OS. The molecule has 3 rings (SSSR count). The van der Waals surface area contributed by atoms with E-state index in [4.69, 9.17) is 0 Å². The van der Waals surface area contributed by atoms with Crippen LogP contribution in [0.1, 0.15) is 40.7 Å². The third-order valence-corrected chi connectivity index (χ3v) is 5.86. The van der Waals surface area contributed by atoms with Crippen molar-refractivity contribution in [3.8, 4) is 0 Å². The lowest BCUT2D eigenvalue weighted by molar-refractivity contribution is -0.131. The summed E-state index contributed by atoms with van der Waals surface area (Å²) in [6, 6.07) is 4.43. The Morgan fingerprint density at radius 2 is 2.25 bits per heavy atom. The number of nitrogens with zero attached hydrogens (tertiary/aromatic N) is 4. The number of hydrogen-bond acceptors (Lipinski definition) is 4. The number of likely N-dealkylation sites (tertiary alicyclic amines) is 1. The maximum atomic E-state index is 12.6. The highest BCUT2D eigenvalue weighted by Crippen LogP contribution is 2.35. The highest BCUT2D eigenvalue weighted by Gasteiger charge is 2.32. The molecule has 1 atom stereocenters. The SMILES string of the molecule is Cc1nn(C)c(C)c1C1CCCN1CC(=O)N(C)Cc1cccs1. The summed E-state index contributed by atoms with van der Waals surface area (Å²) in [5.74, 6) is 0.189. The van der Waals surface area contributed by atoms with Gasteiger partial charge in [-0.15, -0.1) is 11.3 Å². The summed E-state index contributed by atoms with van der Waals surface area (Å²) >= 11 is 1.70. The molecule has 0 bridgehead atoms. The van der Waals surface area contributed by atoms with E-state index in [9.17, 15) is 4.79 Å². The molecule has 2 aromatic rings. The van der Waals surface area contributed by atoms with Crippen molar-refractivity contribution >= 4 is 17.2 Å². The monoisotopic (exact) mass is 346 g/mol. The van der Waals surface area contributed by atoms with E-state index in [1.807, 2.05) is 29.7 Å². The fourth-order valence-corrected chi connectivity index (χ4v) is 4.39. The Bertz CT molecular complexity index is 707. The molecule has 0 aromatic carbocycles. The van der Waals surface area contributed by atoms with Crippen LogP contribution in [0, 0.1) is 13.8 Å². The van der Waals surface area contributed by atoms with Crippen LogP contribution in [0.25, 0.3) is 0 Å². The van der Waals surface area contributed by atoms with Gasteiger partial charge in [-0.05, 0) is 44.7 Å². The number of carbonyl (C=O) groups excluding carboxylic acids is 1. The fourth-order valence-electron chi connectivity index (χ4n) is 3.63. The van der Waals surface area contributed by atoms with Crippen molar-refractivity contribution in [3.05, 3.63) is 39.3 Å². The smallest absolute Gasteiger partial charge is 0.236 e. The van der Waals surface area contributed by atoms with Gasteiger partial charge in [0.2, 0.25) is 5.91 Å². The topological polar surface area (TPSA) is 41.4 Å². The van der Waals surface area contributed by atoms with Crippen molar-refractivity contribution in [2.24, 2.45) is 7.05 Å². The van der Waals surface area contributed by atoms with Gasteiger partial charge in [-0.1, -0.05) is 6.07 Å². The van der Waals surface area contributed by atoms with Crippen molar-refractivity contribution < 1.29 is 4.79 Å². The Morgan fingerprint density at radius 1 is 1.46 bits per heavy atom. The predicted octanol–water partition coefficient (Wildman–Crippen LogP) is 2.89. The first kappa shape index (κ1) is 17.2. The Hall–Kier alpha value is -1.66. The van der Waals surface area contributed by atoms with E-state index in [-0.39, 0.29) is 5.91 Å². The zero-order valence-corrected chi connectivity index (χ0v) is 15.8. The lowest BCUT2D eigenvalue weighted by atomic mass is 10.0. The Kier molecular flexibility index (Phi) is 5.06. The molecule has 3 heterocycles. The minimum atomic E-state index is 0.189. The average molecular weight is 346 g/mol. The summed E-state index contributed by atoms with van der Waals surface area (Å²) in [5.41, 5.74) is 3.61. The maximum Gasteiger partial charge on any atom is 0.236 e. The first-order valence-corrected chi connectivity index (χ1v) is 9.36. The van der Waals surface area contributed by atoms with Gasteiger partial charge >= 0.3 is 0 Å². The van der Waals surface area contributed by atoms with Crippen LogP contribution in [0.5, 0.6) is 0 Å². The van der Waals surface area contributed by atoms with Gasteiger partial charge in [-0.2, -0.15) is 5.10 Å². The van der Waals surface area contributed by atoms with E-state index in [0.717, 1.165) is 25.1 Å². The summed E-state index contributed by atoms with van der Waals surface area (Å²) in [4.78, 5) is 18.0. The van der Waals surface area contributed by atoms with E-state index in [0.29, 0.717) is 19.1 Å². The van der Waals surface area contributed by atoms with Crippen LogP contribution in [0.15, 0.2) is 17.5 Å². The van der Waals surface area contributed by atoms with Crippen molar-refractivity contribution in [1.29, 1.82) is 0 Å². The van der Waals surface area contributed by atoms with Crippen LogP contribution in [0.4, 0.5) is 0 Å². The second-order valence-electron chi connectivity index (χ2n) is 6.67. The van der Waals surface area contributed by atoms with Crippen molar-refractivity contribution in [3.63, 3.8) is 0 Å². The predicted molar refractivity (Wildman–Crippen MR) is 97.0 cm³/mol. The number of hydrogen-bond donors (Lipinski definition) is 0. The van der Waals surface area contributed by atoms with Gasteiger partial charge in [0.1, 0.15) is 0 Å². The molecule has 1 amide bonds. The van der Waals surface area contributed by atoms with Crippen molar-refractivity contribution in [2.75, 3.05) is 20.1 Å². The van der Waals surface area contributed by atoms with Gasteiger partial charge in [-0.3, -0.25) is 14.4 Å². The van der Waals surface area contributed by atoms with Gasteiger partial charge in [0.15, 0.2) is 0 Å². The molecule has 1 unspecified atom stereocenters. The number of carbonyl (C=O) groups is 1. The van der Waals surface area contributed by atoms with E-state index in [1.54, 1.807) is 11.3 Å². The van der Waals surface area contributed by atoms with Gasteiger partial charge in [-0.25, -0.2) is 0 Å². The first-order chi connectivity index (χ1) is 11.5. The van der Waals surface area contributed by atoms with E-state index in [1.165, 1.54) is 16.1 Å². The summed E-state index contributed by atoms with van der Waals surface area (Å²) in [6.45, 7) is 6.36. The Balaban J connectivity index is 1.68.